The molecule has 7 heteroatoms. The monoisotopic (exact) mass is 337 g/mol. The van der Waals surface area contributed by atoms with Crippen LogP contribution in [0.2, 0.25) is 0 Å². The molecule has 2 atom stereocenters. The smallest absolute Gasteiger partial charge is 0.257 e. The minimum Gasteiger partial charge on any atom is -0.376 e. The van der Waals surface area contributed by atoms with Gasteiger partial charge in [0.05, 0.1) is 12.0 Å². The molecule has 1 N–H and O–H groups in total. The summed E-state index contributed by atoms with van der Waals surface area (Å²) in [5.74, 6) is 0.472. The maximum absolute atomic E-state index is 12.6. The first-order valence-electron chi connectivity index (χ1n) is 8.22. The lowest BCUT2D eigenvalue weighted by Gasteiger charge is -2.25. The average Bonchev–Trinajstić information content (AvgIpc) is 3.06. The number of hydrogen-bond acceptors (Lipinski definition) is 5. The zero-order valence-electron chi connectivity index (χ0n) is 13.6. The van der Waals surface area contributed by atoms with Gasteiger partial charge in [-0.05, 0) is 26.2 Å². The molecular formula is C16H23N3O3S. The van der Waals surface area contributed by atoms with Crippen LogP contribution in [0.1, 0.15) is 31.0 Å². The Bertz CT molecular complexity index is 653. The first-order valence-corrected chi connectivity index (χ1v) is 9.21. The second-order valence-corrected chi connectivity index (χ2v) is 7.10. The average molecular weight is 337 g/mol. The Morgan fingerprint density at radius 1 is 1.52 bits per heavy atom. The van der Waals surface area contributed by atoms with E-state index >= 15 is 0 Å². The third-order valence-electron chi connectivity index (χ3n) is 4.50. The molecule has 1 aromatic rings. The highest BCUT2D eigenvalue weighted by Gasteiger charge is 2.28. The molecule has 0 aliphatic carbocycles. The summed E-state index contributed by atoms with van der Waals surface area (Å²) in [5, 5.41) is 3.70. The Labute approximate surface area is 140 Å². The van der Waals surface area contributed by atoms with Crippen molar-refractivity contribution in [3.63, 3.8) is 0 Å². The van der Waals surface area contributed by atoms with Crippen LogP contribution in [0.3, 0.4) is 0 Å². The van der Waals surface area contributed by atoms with E-state index in [1.54, 1.807) is 4.57 Å². The van der Waals surface area contributed by atoms with Crippen molar-refractivity contribution in [1.82, 2.24) is 14.9 Å². The van der Waals surface area contributed by atoms with Crippen LogP contribution in [0.5, 0.6) is 0 Å². The van der Waals surface area contributed by atoms with Gasteiger partial charge in [0, 0.05) is 36.7 Å². The number of amides is 1. The summed E-state index contributed by atoms with van der Waals surface area (Å²) in [6.45, 7) is 5.60. The van der Waals surface area contributed by atoms with Gasteiger partial charge in [-0.25, -0.2) is 4.98 Å². The molecule has 3 rings (SSSR count). The molecule has 1 amide bonds. The molecule has 1 fully saturated rings. The normalized spacial score (nSPS) is 23.6. The van der Waals surface area contributed by atoms with E-state index in [0.29, 0.717) is 25.3 Å². The number of carbonyl (C=O) groups is 1. The molecular weight excluding hydrogens is 314 g/mol. The SMILES string of the molecule is CCc1c(C)nc2n(c1=O)C[C@H](C(=O)NC[C@@H]1CCCO1)CS2. The molecule has 6 nitrogen and oxygen atoms in total. The molecule has 3 heterocycles. The molecule has 0 saturated carbocycles. The number of carbonyl (C=O) groups excluding carboxylic acids is 1. The zero-order valence-corrected chi connectivity index (χ0v) is 14.4. The summed E-state index contributed by atoms with van der Waals surface area (Å²) < 4.78 is 7.19. The molecule has 0 unspecified atom stereocenters. The number of aromatic nitrogens is 2. The lowest BCUT2D eigenvalue weighted by Crippen LogP contribution is -2.42. The molecule has 2 aliphatic heterocycles. The molecule has 0 bridgehead atoms. The number of nitrogens with one attached hydrogen (secondary N) is 1. The molecule has 1 aromatic heterocycles. The number of thioether (sulfide) groups is 1. The van der Waals surface area contributed by atoms with Gasteiger partial charge in [0.2, 0.25) is 5.91 Å². The number of fused-ring (bicyclic) bond motifs is 1. The van der Waals surface area contributed by atoms with Crippen LogP contribution in [0.15, 0.2) is 9.95 Å². The quantitative estimate of drug-likeness (QED) is 0.834. The van der Waals surface area contributed by atoms with Crippen molar-refractivity contribution in [3.05, 3.63) is 21.6 Å². The molecule has 23 heavy (non-hydrogen) atoms. The predicted octanol–water partition coefficient (Wildman–Crippen LogP) is 1.13. The Morgan fingerprint density at radius 3 is 3.04 bits per heavy atom. The van der Waals surface area contributed by atoms with Crippen molar-refractivity contribution in [3.8, 4) is 0 Å². The maximum atomic E-state index is 12.6. The molecule has 126 valence electrons. The zero-order chi connectivity index (χ0) is 16.4. The standard InChI is InChI=1S/C16H23N3O3S/c1-3-13-10(2)18-16-19(15(13)21)8-11(9-23-16)14(20)17-7-12-5-4-6-22-12/h11-12H,3-9H2,1-2H3,(H,17,20)/t11-,12-/m0/s1. The van der Waals surface area contributed by atoms with E-state index in [1.165, 1.54) is 11.8 Å². The predicted molar refractivity (Wildman–Crippen MR) is 88.8 cm³/mol. The third-order valence-corrected chi connectivity index (χ3v) is 5.64. The number of nitrogens with zero attached hydrogens (tertiary/aromatic N) is 2. The molecule has 1 saturated heterocycles. The van der Waals surface area contributed by atoms with E-state index in [-0.39, 0.29) is 23.5 Å². The minimum absolute atomic E-state index is 0.000809. The lowest BCUT2D eigenvalue weighted by molar-refractivity contribution is -0.125. The molecule has 2 aliphatic rings. The fourth-order valence-corrected chi connectivity index (χ4v) is 4.25. The Kier molecular flexibility index (Phi) is 5.06. The third kappa shape index (κ3) is 3.45. The number of rotatable bonds is 4. The largest absolute Gasteiger partial charge is 0.376 e. The van der Waals surface area contributed by atoms with Crippen LogP contribution in [0.4, 0.5) is 0 Å². The highest BCUT2D eigenvalue weighted by molar-refractivity contribution is 7.99. The second-order valence-electron chi connectivity index (χ2n) is 6.12. The van der Waals surface area contributed by atoms with Gasteiger partial charge in [-0.1, -0.05) is 18.7 Å². The highest BCUT2D eigenvalue weighted by Crippen LogP contribution is 2.26. The number of ether oxygens (including phenoxy) is 1. The maximum Gasteiger partial charge on any atom is 0.257 e. The van der Waals surface area contributed by atoms with Crippen molar-refractivity contribution < 1.29 is 9.53 Å². The minimum atomic E-state index is -0.194. The Balaban J connectivity index is 1.69. The Morgan fingerprint density at radius 2 is 2.35 bits per heavy atom. The van der Waals surface area contributed by atoms with Gasteiger partial charge in [0.1, 0.15) is 0 Å². The van der Waals surface area contributed by atoms with E-state index in [4.69, 9.17) is 4.74 Å². The van der Waals surface area contributed by atoms with Crippen LogP contribution in [0, 0.1) is 12.8 Å². The van der Waals surface area contributed by atoms with Gasteiger partial charge in [0.15, 0.2) is 5.16 Å². The van der Waals surface area contributed by atoms with Crippen LogP contribution < -0.4 is 10.9 Å². The van der Waals surface area contributed by atoms with Gasteiger partial charge < -0.3 is 10.1 Å². The van der Waals surface area contributed by atoms with Gasteiger partial charge in [-0.2, -0.15) is 0 Å². The first kappa shape index (κ1) is 16.5. The Hall–Kier alpha value is -1.34. The van der Waals surface area contributed by atoms with Crippen molar-refractivity contribution in [2.45, 2.75) is 50.9 Å². The van der Waals surface area contributed by atoms with E-state index in [0.717, 1.165) is 35.9 Å². The fourth-order valence-electron chi connectivity index (χ4n) is 3.12. The molecule has 0 spiro atoms. The van der Waals surface area contributed by atoms with Gasteiger partial charge in [-0.3, -0.25) is 14.2 Å². The molecule has 0 radical (unpaired) electrons. The van der Waals surface area contributed by atoms with Gasteiger partial charge in [-0.15, -0.1) is 0 Å². The highest BCUT2D eigenvalue weighted by atomic mass is 32.2. The summed E-state index contributed by atoms with van der Waals surface area (Å²) >= 11 is 1.49. The van der Waals surface area contributed by atoms with Gasteiger partial charge >= 0.3 is 0 Å². The number of hydrogen-bond donors (Lipinski definition) is 1. The van der Waals surface area contributed by atoms with E-state index < -0.39 is 0 Å². The lowest BCUT2D eigenvalue weighted by atomic mass is 10.1. The van der Waals surface area contributed by atoms with Gasteiger partial charge in [0.25, 0.3) is 5.56 Å². The van der Waals surface area contributed by atoms with Crippen LogP contribution in [-0.2, 0) is 22.5 Å². The summed E-state index contributed by atoms with van der Waals surface area (Å²) in [6.07, 6.45) is 2.87. The summed E-state index contributed by atoms with van der Waals surface area (Å²) in [6, 6.07) is 0. The van der Waals surface area contributed by atoms with Crippen molar-refractivity contribution in [2.24, 2.45) is 5.92 Å². The summed E-state index contributed by atoms with van der Waals surface area (Å²) in [7, 11) is 0. The first-order chi connectivity index (χ1) is 11.1. The summed E-state index contributed by atoms with van der Waals surface area (Å²) in [5.41, 5.74) is 1.55. The van der Waals surface area contributed by atoms with Crippen LogP contribution >= 0.6 is 11.8 Å². The van der Waals surface area contributed by atoms with E-state index in [2.05, 4.69) is 10.3 Å². The van der Waals surface area contributed by atoms with Crippen molar-refractivity contribution in [1.29, 1.82) is 0 Å². The van der Waals surface area contributed by atoms with Crippen molar-refractivity contribution >= 4 is 17.7 Å². The van der Waals surface area contributed by atoms with E-state index in [9.17, 15) is 9.59 Å². The topological polar surface area (TPSA) is 73.2 Å². The molecule has 0 aromatic carbocycles. The fraction of sp³-hybridized carbons (Fsp3) is 0.688. The van der Waals surface area contributed by atoms with Crippen molar-refractivity contribution in [2.75, 3.05) is 18.9 Å². The van der Waals surface area contributed by atoms with Crippen LogP contribution in [-0.4, -0.2) is 40.5 Å². The second kappa shape index (κ2) is 7.05. The summed E-state index contributed by atoms with van der Waals surface area (Å²) in [4.78, 5) is 29.5. The van der Waals surface area contributed by atoms with Crippen LogP contribution in [0.25, 0.3) is 0 Å². The number of aryl methyl sites for hydroxylation is 1. The van der Waals surface area contributed by atoms with E-state index in [1.807, 2.05) is 13.8 Å².